The number of hydrogen-bond acceptors (Lipinski definition) is 4. The van der Waals surface area contributed by atoms with Gasteiger partial charge < -0.3 is 5.41 Å². The summed E-state index contributed by atoms with van der Waals surface area (Å²) >= 11 is 1.17. The Hall–Kier alpha value is 1.38. The smallest absolute Gasteiger partial charge is 0.810 e. The van der Waals surface area contributed by atoms with Crippen molar-refractivity contribution in [3.63, 3.8) is 0 Å². The number of hydroxylamine groups is 1. The molecule has 1 aliphatic heterocycles. The van der Waals surface area contributed by atoms with Crippen molar-refractivity contribution in [1.82, 2.24) is 9.79 Å². The molecule has 15 heavy (non-hydrogen) atoms. The Morgan fingerprint density at radius 1 is 1.67 bits per heavy atom. The van der Waals surface area contributed by atoms with Gasteiger partial charge in [0.2, 0.25) is 0 Å². The first kappa shape index (κ1) is 16.4. The van der Waals surface area contributed by atoms with Gasteiger partial charge in [-0.1, -0.05) is 0 Å². The maximum absolute atomic E-state index is 11.1. The molecule has 0 radical (unpaired) electrons. The molecule has 10 heteroatoms. The molecule has 0 unspecified atom stereocenters. The van der Waals surface area contributed by atoms with Crippen LogP contribution in [-0.2, 0) is 12.0 Å². The molecular weight excluding hydrogens is 364 g/mol. The normalized spacial score (nSPS) is 22.3. The molecule has 80 valence electrons. The van der Waals surface area contributed by atoms with E-state index in [-0.39, 0.29) is 70.1 Å². The Bertz CT molecular complexity index is 372. The van der Waals surface area contributed by atoms with E-state index >= 15 is 0 Å². The van der Waals surface area contributed by atoms with Crippen molar-refractivity contribution >= 4 is 40.0 Å². The molecule has 0 aromatic carbocycles. The van der Waals surface area contributed by atoms with Crippen molar-refractivity contribution in [2.45, 2.75) is 12.5 Å². The van der Waals surface area contributed by atoms with Crippen LogP contribution in [0.15, 0.2) is 0 Å². The first-order valence-electron chi connectivity index (χ1n) is 3.55. The topological polar surface area (TPSA) is 109 Å². The second-order valence-corrected chi connectivity index (χ2v) is 7.38. The van der Waals surface area contributed by atoms with Crippen LogP contribution < -0.4 is 56.9 Å². The quantitative estimate of drug-likeness (QED) is 0.171. The zero-order valence-electron chi connectivity index (χ0n) is 7.84. The van der Waals surface area contributed by atoms with Crippen LogP contribution in [0.4, 0.5) is 0 Å². The van der Waals surface area contributed by atoms with Crippen LogP contribution in [0, 0.1) is 0 Å². The molecule has 2 N–H and O–H groups in total. The molecule has 7 nitrogen and oxygen atoms in total. The van der Waals surface area contributed by atoms with Gasteiger partial charge in [0, 0.05) is 6.54 Å². The number of nitrogens with zero attached hydrogens (tertiary/aromatic N) is 2. The van der Waals surface area contributed by atoms with Gasteiger partial charge in [-0.25, -0.2) is 13.9 Å². The van der Waals surface area contributed by atoms with Gasteiger partial charge in [0.1, 0.15) is 6.04 Å². The third-order valence-electron chi connectivity index (χ3n) is 1.81. The fourth-order valence-electron chi connectivity index (χ4n) is 1.21. The molecule has 1 heterocycles. The van der Waals surface area contributed by atoms with E-state index in [0.29, 0.717) is 0 Å². The first-order valence-corrected chi connectivity index (χ1v) is 7.53. The summed E-state index contributed by atoms with van der Waals surface area (Å²) in [4.78, 5) is 11.0. The zero-order valence-corrected chi connectivity index (χ0v) is 13.9. The van der Waals surface area contributed by atoms with Gasteiger partial charge >= 0.3 is 51.4 Å². The maximum atomic E-state index is 11.1. The number of carbonyl (C=O) groups is 1. The van der Waals surface area contributed by atoms with Gasteiger partial charge in [0.15, 0.2) is 0 Å². The predicted molar refractivity (Wildman–Crippen MR) is 56.3 cm³/mol. The van der Waals surface area contributed by atoms with Gasteiger partial charge in [-0.05, 0) is 6.42 Å². The number of nitrogens with one attached hydrogen (secondary N) is 1. The molecule has 1 atom stereocenters. The van der Waals surface area contributed by atoms with Gasteiger partial charge in [0.25, 0.3) is 13.1 Å². The van der Waals surface area contributed by atoms with Crippen LogP contribution in [-0.4, -0.2) is 42.1 Å². The number of carbonyl (C=O) groups excluding carboxylic acids is 1. The molecule has 1 aliphatic rings. The molecule has 0 aromatic rings. The Balaban J connectivity index is 0.00000196. The largest absolute Gasteiger partial charge is 1.00 e. The molecule has 0 aliphatic carbocycles. The van der Waals surface area contributed by atoms with Crippen molar-refractivity contribution in [1.29, 1.82) is 0 Å². The molecule has 0 bridgehead atoms. The molecule has 1 saturated heterocycles. The maximum Gasteiger partial charge on any atom is 1.00 e. The average molecular weight is 371 g/mol. The summed E-state index contributed by atoms with van der Waals surface area (Å²) < 4.78 is 23.1. The molecule has 0 spiro atoms. The third-order valence-corrected chi connectivity index (χ3v) is 4.27. The van der Waals surface area contributed by atoms with Crippen LogP contribution in [0.5, 0.6) is 0 Å². The van der Waals surface area contributed by atoms with E-state index in [9.17, 15) is 13.2 Å². The fourth-order valence-corrected chi connectivity index (χ4v) is 3.23. The van der Waals surface area contributed by atoms with Crippen LogP contribution >= 0.6 is 21.2 Å². The van der Waals surface area contributed by atoms with Gasteiger partial charge in [-0.2, -0.15) is 10.0 Å². The minimum atomic E-state index is -3.59. The Morgan fingerprint density at radius 2 is 2.20 bits per heavy atom. The van der Waals surface area contributed by atoms with Crippen LogP contribution in [0.2, 0.25) is 0 Å². The summed E-state index contributed by atoms with van der Waals surface area (Å²) in [6.07, 6.45) is -0.0887. The Labute approximate surface area is 141 Å². The third kappa shape index (κ3) is 4.27. The van der Waals surface area contributed by atoms with Crippen molar-refractivity contribution in [3.8, 4) is 0 Å². The summed E-state index contributed by atoms with van der Waals surface area (Å²) in [6.45, 7) is -0.205. The number of rotatable bonds is 2. The second kappa shape index (κ2) is 6.35. The fraction of sp³-hybridized carbons (Fsp3) is 0.600. The molecule has 1 rings (SSSR count). The van der Waals surface area contributed by atoms with Crippen molar-refractivity contribution in [2.75, 3.05) is 6.54 Å². The number of amides is 1. The van der Waals surface area contributed by atoms with Gasteiger partial charge in [-0.3, -0.25) is 10.0 Å². The van der Waals surface area contributed by atoms with E-state index in [4.69, 9.17) is 10.6 Å². The first-order chi connectivity index (χ1) is 6.36. The Kier molecular flexibility index (Phi) is 6.93. The zero-order chi connectivity index (χ0) is 10.9. The van der Waals surface area contributed by atoms with E-state index in [1.165, 1.54) is 26.7 Å². The second-order valence-electron chi connectivity index (χ2n) is 2.75. The summed E-state index contributed by atoms with van der Waals surface area (Å²) in [5.41, 5.74) is 1.26. The van der Waals surface area contributed by atoms with Crippen molar-refractivity contribution in [3.05, 3.63) is 5.41 Å². The SMILES string of the molecule is [K+].[N-]=C1C[C@H](C(=O)NO)N(S(=O)(=O)I)C1. The van der Waals surface area contributed by atoms with E-state index in [2.05, 4.69) is 0 Å². The van der Waals surface area contributed by atoms with E-state index < -0.39 is 19.1 Å². The van der Waals surface area contributed by atoms with Crippen LogP contribution in [0.25, 0.3) is 5.41 Å². The summed E-state index contributed by atoms with van der Waals surface area (Å²) in [7, 11) is -3.59. The summed E-state index contributed by atoms with van der Waals surface area (Å²) in [5, 5.41) is 17.5. The predicted octanol–water partition coefficient (Wildman–Crippen LogP) is -3.74. The standard InChI is InChI=1S/C5H7IN3O4S.K/c6-14(12,13)9-2-3(7)1-4(9)5(10)8-11;/h4,11H,1-2H2,(H,8,10);/q-1;+1/t4-;/m1./s1. The van der Waals surface area contributed by atoms with Gasteiger partial charge in [-0.15, -0.1) is 0 Å². The van der Waals surface area contributed by atoms with Crippen LogP contribution in [0.3, 0.4) is 0 Å². The van der Waals surface area contributed by atoms with Crippen LogP contribution in [0.1, 0.15) is 6.42 Å². The molecule has 0 saturated carbocycles. The van der Waals surface area contributed by atoms with E-state index in [1.807, 2.05) is 0 Å². The summed E-state index contributed by atoms with van der Waals surface area (Å²) in [6, 6.07) is -1.07. The Morgan fingerprint density at radius 3 is 2.60 bits per heavy atom. The van der Waals surface area contributed by atoms with Crippen molar-refractivity contribution in [2.24, 2.45) is 0 Å². The number of halogens is 1. The van der Waals surface area contributed by atoms with Crippen molar-refractivity contribution < 1.29 is 69.8 Å². The monoisotopic (exact) mass is 371 g/mol. The summed E-state index contributed by atoms with van der Waals surface area (Å²) in [5.74, 6) is -0.853. The minimum absolute atomic E-state index is 0. The molecular formula is C5H7IKN3O4S. The molecule has 1 fully saturated rings. The van der Waals surface area contributed by atoms with E-state index in [1.54, 1.807) is 0 Å². The van der Waals surface area contributed by atoms with Gasteiger partial charge in [0.05, 0.1) is 21.2 Å². The molecule has 0 aromatic heterocycles. The molecule has 1 amide bonds. The number of hydrogen-bond donors (Lipinski definition) is 2. The average Bonchev–Trinajstić information content (AvgIpc) is 2.45. The van der Waals surface area contributed by atoms with E-state index in [0.717, 1.165) is 4.31 Å². The minimum Gasteiger partial charge on any atom is -0.810 e.